The van der Waals surface area contributed by atoms with Crippen molar-refractivity contribution in [1.82, 2.24) is 9.97 Å². The number of halogens is 3. The number of anilines is 1. The van der Waals surface area contributed by atoms with Crippen molar-refractivity contribution in [2.24, 2.45) is 0 Å². The summed E-state index contributed by atoms with van der Waals surface area (Å²) in [5, 5.41) is 14.6. The van der Waals surface area contributed by atoms with E-state index in [1.807, 2.05) is 13.8 Å². The highest BCUT2D eigenvalue weighted by Crippen LogP contribution is 2.25. The monoisotopic (exact) mass is 362 g/mol. The maximum absolute atomic E-state index is 10.9. The van der Waals surface area contributed by atoms with Gasteiger partial charge in [0.2, 0.25) is 11.1 Å². The third-order valence-corrected chi connectivity index (χ3v) is 3.18. The van der Waals surface area contributed by atoms with E-state index in [1.54, 1.807) is 18.2 Å². The maximum atomic E-state index is 10.9. The third kappa shape index (κ3) is 4.98. The van der Waals surface area contributed by atoms with Crippen molar-refractivity contribution < 1.29 is 4.92 Å². The van der Waals surface area contributed by atoms with Crippen LogP contribution in [0.1, 0.15) is 19.4 Å². The summed E-state index contributed by atoms with van der Waals surface area (Å²) in [6, 6.07) is 4.95. The van der Waals surface area contributed by atoms with Crippen LogP contribution in [0.4, 0.5) is 11.5 Å². The highest BCUT2D eigenvalue weighted by Gasteiger charge is 2.16. The van der Waals surface area contributed by atoms with Gasteiger partial charge in [-0.05, 0) is 35.4 Å². The number of hydrogen-bond donors (Lipinski definition) is 1. The molecule has 0 amide bonds. The van der Waals surface area contributed by atoms with Gasteiger partial charge in [0.25, 0.3) is 0 Å². The molecule has 0 atom stereocenters. The Kier molecular flexibility index (Phi) is 7.31. The minimum atomic E-state index is -0.599. The van der Waals surface area contributed by atoms with E-state index >= 15 is 0 Å². The van der Waals surface area contributed by atoms with Crippen molar-refractivity contribution in [1.29, 1.82) is 0 Å². The summed E-state index contributed by atoms with van der Waals surface area (Å²) in [6.07, 6.45) is 1.04. The van der Waals surface area contributed by atoms with E-state index in [9.17, 15) is 10.1 Å². The Morgan fingerprint density at radius 2 is 1.95 bits per heavy atom. The second-order valence-corrected chi connectivity index (χ2v) is 4.90. The molecule has 1 aromatic heterocycles. The largest absolute Gasteiger partial charge is 0.360 e. The molecule has 0 aliphatic rings. The number of nitro groups is 1. The molecule has 1 N–H and O–H groups in total. The van der Waals surface area contributed by atoms with Gasteiger partial charge in [-0.2, -0.15) is 4.98 Å². The second-order valence-electron chi connectivity index (χ2n) is 3.72. The number of rotatable bonds is 4. The molecule has 1 aromatic carbocycles. The maximum Gasteiger partial charge on any atom is 0.329 e. The topological polar surface area (TPSA) is 81.0 Å². The Hall–Kier alpha value is -1.63. The van der Waals surface area contributed by atoms with Crippen LogP contribution < -0.4 is 5.32 Å². The van der Waals surface area contributed by atoms with Gasteiger partial charge >= 0.3 is 5.69 Å². The minimum Gasteiger partial charge on any atom is -0.360 e. The van der Waals surface area contributed by atoms with Crippen molar-refractivity contribution in [3.05, 3.63) is 55.4 Å². The zero-order valence-electron chi connectivity index (χ0n) is 11.8. The van der Waals surface area contributed by atoms with E-state index < -0.39 is 4.92 Å². The smallest absolute Gasteiger partial charge is 0.329 e. The first-order valence-corrected chi connectivity index (χ1v) is 7.45. The summed E-state index contributed by atoms with van der Waals surface area (Å²) < 4.78 is 0. The Labute approximate surface area is 142 Å². The van der Waals surface area contributed by atoms with Crippen LogP contribution in [0.25, 0.3) is 0 Å². The molecule has 6 nitrogen and oxygen atoms in total. The standard InChI is InChI=1S/C11H7Cl3N4O2.C2H6/c12-7-1-2-8(13)6(3-7)4-15-10-9(18(19)20)5-16-11(14)17-10;1-2/h1-3,5H,4H2,(H,15,16,17);1-2H3. The highest BCUT2D eigenvalue weighted by atomic mass is 35.5. The molecule has 0 bridgehead atoms. The number of benzene rings is 1. The Morgan fingerprint density at radius 3 is 2.59 bits per heavy atom. The van der Waals surface area contributed by atoms with Crippen LogP contribution in [-0.4, -0.2) is 14.9 Å². The molecule has 0 saturated carbocycles. The van der Waals surface area contributed by atoms with Crippen LogP contribution >= 0.6 is 34.8 Å². The fourth-order valence-corrected chi connectivity index (χ4v) is 1.99. The van der Waals surface area contributed by atoms with Crippen LogP contribution in [0.3, 0.4) is 0 Å². The van der Waals surface area contributed by atoms with Crippen LogP contribution in [-0.2, 0) is 6.54 Å². The van der Waals surface area contributed by atoms with Gasteiger partial charge in [-0.1, -0.05) is 37.0 Å². The predicted octanol–water partition coefficient (Wildman–Crippen LogP) is 4.98. The SMILES string of the molecule is CC.O=[N+]([O-])c1cnc(Cl)nc1NCc1cc(Cl)ccc1Cl. The lowest BCUT2D eigenvalue weighted by atomic mass is 10.2. The molecule has 2 rings (SSSR count). The Bertz CT molecular complexity index is 668. The van der Waals surface area contributed by atoms with E-state index in [0.29, 0.717) is 15.6 Å². The molecule has 9 heteroatoms. The van der Waals surface area contributed by atoms with Crippen LogP contribution in [0, 0.1) is 10.1 Å². The zero-order chi connectivity index (χ0) is 16.7. The van der Waals surface area contributed by atoms with Gasteiger partial charge in [0.05, 0.1) is 4.92 Å². The number of nitrogens with zero attached hydrogens (tertiary/aromatic N) is 3. The molecule has 0 unspecified atom stereocenters. The first kappa shape index (κ1) is 18.4. The van der Waals surface area contributed by atoms with Crippen molar-refractivity contribution >= 4 is 46.3 Å². The molecule has 0 aliphatic carbocycles. The first-order valence-electron chi connectivity index (χ1n) is 6.32. The average molecular weight is 364 g/mol. The molecule has 118 valence electrons. The van der Waals surface area contributed by atoms with E-state index in [4.69, 9.17) is 34.8 Å². The van der Waals surface area contributed by atoms with Gasteiger partial charge in [-0.15, -0.1) is 0 Å². The Balaban J connectivity index is 0.00000116. The average Bonchev–Trinajstić information content (AvgIpc) is 2.50. The van der Waals surface area contributed by atoms with Gasteiger partial charge in [-0.3, -0.25) is 10.1 Å². The molecule has 0 saturated heterocycles. The fourth-order valence-electron chi connectivity index (χ4n) is 1.48. The summed E-state index contributed by atoms with van der Waals surface area (Å²) in [6.45, 7) is 4.22. The summed E-state index contributed by atoms with van der Waals surface area (Å²) in [5.74, 6) is 0.0195. The first-order chi connectivity index (χ1) is 10.5. The number of aromatic nitrogens is 2. The molecular weight excluding hydrogens is 351 g/mol. The molecule has 0 fully saturated rings. The second kappa shape index (κ2) is 8.73. The highest BCUT2D eigenvalue weighted by molar-refractivity contribution is 6.33. The lowest BCUT2D eigenvalue weighted by molar-refractivity contribution is -0.384. The van der Waals surface area contributed by atoms with E-state index in [1.165, 1.54) is 0 Å². The van der Waals surface area contributed by atoms with E-state index in [-0.39, 0.29) is 23.3 Å². The molecule has 0 spiro atoms. The molecule has 0 aliphatic heterocycles. The van der Waals surface area contributed by atoms with Crippen molar-refractivity contribution in [2.75, 3.05) is 5.32 Å². The lowest BCUT2D eigenvalue weighted by Crippen LogP contribution is -2.06. The summed E-state index contributed by atoms with van der Waals surface area (Å²) >= 11 is 17.5. The lowest BCUT2D eigenvalue weighted by Gasteiger charge is -2.08. The zero-order valence-corrected chi connectivity index (χ0v) is 14.1. The predicted molar refractivity (Wildman–Crippen MR) is 88.8 cm³/mol. The third-order valence-electron chi connectivity index (χ3n) is 2.39. The van der Waals surface area contributed by atoms with E-state index in [2.05, 4.69) is 15.3 Å². The normalized spacial score (nSPS) is 9.68. The van der Waals surface area contributed by atoms with Crippen LogP contribution in [0.15, 0.2) is 24.4 Å². The van der Waals surface area contributed by atoms with E-state index in [0.717, 1.165) is 6.20 Å². The van der Waals surface area contributed by atoms with Gasteiger partial charge in [0, 0.05) is 16.6 Å². The molecule has 22 heavy (non-hydrogen) atoms. The fraction of sp³-hybridized carbons (Fsp3) is 0.231. The summed E-state index contributed by atoms with van der Waals surface area (Å²) in [5.41, 5.74) is 0.413. The van der Waals surface area contributed by atoms with Crippen LogP contribution in [0.5, 0.6) is 0 Å². The Morgan fingerprint density at radius 1 is 1.27 bits per heavy atom. The number of hydrogen-bond acceptors (Lipinski definition) is 5. The quantitative estimate of drug-likeness (QED) is 0.470. The number of nitrogens with one attached hydrogen (secondary N) is 1. The van der Waals surface area contributed by atoms with Gasteiger partial charge in [0.1, 0.15) is 6.20 Å². The van der Waals surface area contributed by atoms with Crippen molar-refractivity contribution in [2.45, 2.75) is 20.4 Å². The van der Waals surface area contributed by atoms with Gasteiger partial charge in [-0.25, -0.2) is 4.98 Å². The van der Waals surface area contributed by atoms with Gasteiger partial charge in [0.15, 0.2) is 0 Å². The van der Waals surface area contributed by atoms with Gasteiger partial charge < -0.3 is 5.32 Å². The molecule has 2 aromatic rings. The minimum absolute atomic E-state index is 0.0195. The molecule has 1 heterocycles. The molecule has 0 radical (unpaired) electrons. The summed E-state index contributed by atoms with van der Waals surface area (Å²) in [4.78, 5) is 17.6. The van der Waals surface area contributed by atoms with Crippen LogP contribution in [0.2, 0.25) is 15.3 Å². The summed E-state index contributed by atoms with van der Waals surface area (Å²) in [7, 11) is 0. The molecular formula is C13H13Cl3N4O2. The van der Waals surface area contributed by atoms with Crippen molar-refractivity contribution in [3.63, 3.8) is 0 Å². The van der Waals surface area contributed by atoms with Crippen molar-refractivity contribution in [3.8, 4) is 0 Å².